The second-order valence-corrected chi connectivity index (χ2v) is 3.50. The van der Waals surface area contributed by atoms with Gasteiger partial charge < -0.3 is 4.74 Å². The molecule has 1 rings (SSSR count). The van der Waals surface area contributed by atoms with E-state index in [-0.39, 0.29) is 17.1 Å². The van der Waals surface area contributed by atoms with E-state index in [0.717, 1.165) is 5.56 Å². The molecule has 90 valence electrons. The molecule has 0 spiro atoms. The summed E-state index contributed by atoms with van der Waals surface area (Å²) in [5, 5.41) is 8.60. The van der Waals surface area contributed by atoms with Gasteiger partial charge in [-0.3, -0.25) is 0 Å². The van der Waals surface area contributed by atoms with E-state index in [1.165, 1.54) is 18.4 Å². The van der Waals surface area contributed by atoms with Crippen LogP contribution in [0.3, 0.4) is 0 Å². The topological polar surface area (TPSA) is 91.9 Å². The van der Waals surface area contributed by atoms with Crippen molar-refractivity contribution >= 4 is 23.5 Å². The zero-order valence-corrected chi connectivity index (χ0v) is 10.1. The molecule has 0 aliphatic heterocycles. The first kappa shape index (κ1) is 13.3. The zero-order valence-electron chi connectivity index (χ0n) is 10.1. The van der Waals surface area contributed by atoms with Crippen LogP contribution < -0.4 is 4.74 Å². The molecule has 6 heteroatoms. The summed E-state index contributed by atoms with van der Waals surface area (Å²) in [7, 11) is 0. The first-order valence-corrected chi connectivity index (χ1v) is 4.93. The number of isocyanates is 2. The minimum absolute atomic E-state index is 0.00972. The molecule has 0 unspecified atom stereocenters. The number of nitriles is 1. The van der Waals surface area contributed by atoms with Gasteiger partial charge in [-0.05, 0) is 37.5 Å². The molecule has 0 N–H and O–H groups in total. The largest absolute Gasteiger partial charge is 0.385 e. The lowest BCUT2D eigenvalue weighted by atomic mass is 9.99. The van der Waals surface area contributed by atoms with Crippen LogP contribution in [0.25, 0.3) is 0 Å². The van der Waals surface area contributed by atoms with Crippen molar-refractivity contribution in [1.82, 2.24) is 0 Å². The Morgan fingerprint density at radius 2 is 1.50 bits per heavy atom. The Morgan fingerprint density at radius 3 is 2.00 bits per heavy atom. The SMILES string of the molecule is Cc1c(C)c(N=C=O)c(N=C=O)c(OC#N)c1C. The summed E-state index contributed by atoms with van der Waals surface area (Å²) in [5.41, 5.74) is 2.26. The molecule has 0 fully saturated rings. The highest BCUT2D eigenvalue weighted by Crippen LogP contribution is 2.44. The van der Waals surface area contributed by atoms with E-state index < -0.39 is 0 Å². The summed E-state index contributed by atoms with van der Waals surface area (Å²) in [6, 6.07) is 0. The average molecular weight is 243 g/mol. The molecule has 0 bridgehead atoms. The summed E-state index contributed by atoms with van der Waals surface area (Å²) in [4.78, 5) is 27.8. The zero-order chi connectivity index (χ0) is 13.7. The van der Waals surface area contributed by atoms with Gasteiger partial charge in [-0.15, -0.1) is 5.26 Å². The van der Waals surface area contributed by atoms with E-state index in [4.69, 9.17) is 10.00 Å². The number of hydrogen-bond donors (Lipinski definition) is 0. The van der Waals surface area contributed by atoms with Gasteiger partial charge in [-0.1, -0.05) is 0 Å². The third-order valence-electron chi connectivity index (χ3n) is 2.72. The van der Waals surface area contributed by atoms with Gasteiger partial charge in [0.1, 0.15) is 11.4 Å². The van der Waals surface area contributed by atoms with Crippen LogP contribution >= 0.6 is 0 Å². The number of benzene rings is 1. The summed E-state index contributed by atoms with van der Waals surface area (Å²) < 4.78 is 4.79. The Bertz CT molecular complexity index is 631. The molecule has 1 aromatic rings. The molecule has 0 aliphatic rings. The molecule has 0 atom stereocenters. The molecule has 0 saturated heterocycles. The fraction of sp³-hybridized carbons (Fsp3) is 0.250. The highest BCUT2D eigenvalue weighted by Gasteiger charge is 2.19. The van der Waals surface area contributed by atoms with Crippen LogP contribution in [0.4, 0.5) is 11.4 Å². The van der Waals surface area contributed by atoms with Gasteiger partial charge in [0, 0.05) is 0 Å². The van der Waals surface area contributed by atoms with Crippen molar-refractivity contribution in [3.05, 3.63) is 16.7 Å². The number of nitrogens with zero attached hydrogens (tertiary/aromatic N) is 3. The number of hydrogen-bond acceptors (Lipinski definition) is 6. The van der Waals surface area contributed by atoms with Crippen molar-refractivity contribution in [3.8, 4) is 12.0 Å². The first-order chi connectivity index (χ1) is 8.58. The van der Waals surface area contributed by atoms with Crippen LogP contribution in [-0.4, -0.2) is 12.2 Å². The van der Waals surface area contributed by atoms with E-state index in [1.54, 1.807) is 20.8 Å². The number of aliphatic imine (C=N–C) groups is 2. The van der Waals surface area contributed by atoms with Crippen molar-refractivity contribution < 1.29 is 14.3 Å². The Balaban J connectivity index is 3.86. The number of rotatable bonds is 3. The Morgan fingerprint density at radius 1 is 0.944 bits per heavy atom. The Kier molecular flexibility index (Phi) is 4.11. The summed E-state index contributed by atoms with van der Waals surface area (Å²) in [6.07, 6.45) is 4.25. The minimum atomic E-state index is 0.00972. The van der Waals surface area contributed by atoms with Gasteiger partial charge in [0.05, 0.1) is 0 Å². The highest BCUT2D eigenvalue weighted by molar-refractivity contribution is 5.80. The van der Waals surface area contributed by atoms with Crippen LogP contribution in [0.15, 0.2) is 9.98 Å². The van der Waals surface area contributed by atoms with E-state index in [0.29, 0.717) is 11.1 Å². The molecule has 0 aliphatic carbocycles. The molecule has 0 saturated carbocycles. The maximum absolute atomic E-state index is 10.4. The summed E-state index contributed by atoms with van der Waals surface area (Å²) >= 11 is 0. The quantitative estimate of drug-likeness (QED) is 0.463. The predicted octanol–water partition coefficient (Wildman–Crippen LogP) is 2.41. The maximum Gasteiger partial charge on any atom is 0.292 e. The van der Waals surface area contributed by atoms with Crippen molar-refractivity contribution in [2.24, 2.45) is 9.98 Å². The van der Waals surface area contributed by atoms with Gasteiger partial charge >= 0.3 is 0 Å². The average Bonchev–Trinajstić information content (AvgIpc) is 2.36. The monoisotopic (exact) mass is 243 g/mol. The molecule has 0 amide bonds. The fourth-order valence-electron chi connectivity index (χ4n) is 1.59. The second kappa shape index (κ2) is 5.55. The Hall–Kier alpha value is -2.73. The lowest BCUT2D eigenvalue weighted by Crippen LogP contribution is -1.94. The third kappa shape index (κ3) is 2.18. The lowest BCUT2D eigenvalue weighted by molar-refractivity contribution is 0.503. The van der Waals surface area contributed by atoms with Crippen LogP contribution in [0, 0.1) is 32.3 Å². The molecule has 18 heavy (non-hydrogen) atoms. The van der Waals surface area contributed by atoms with Gasteiger partial charge in [0.2, 0.25) is 12.2 Å². The van der Waals surface area contributed by atoms with Gasteiger partial charge in [-0.2, -0.15) is 9.98 Å². The third-order valence-corrected chi connectivity index (χ3v) is 2.72. The second-order valence-electron chi connectivity index (χ2n) is 3.50. The molecule has 0 aromatic heterocycles. The molecular weight excluding hydrogens is 234 g/mol. The maximum atomic E-state index is 10.4. The van der Waals surface area contributed by atoms with Crippen molar-refractivity contribution in [3.63, 3.8) is 0 Å². The van der Waals surface area contributed by atoms with Crippen LogP contribution in [0.1, 0.15) is 16.7 Å². The van der Waals surface area contributed by atoms with Crippen LogP contribution in [0.5, 0.6) is 5.75 Å². The summed E-state index contributed by atoms with van der Waals surface area (Å²) in [6.45, 7) is 5.22. The molecular formula is C12H9N3O3. The lowest BCUT2D eigenvalue weighted by Gasteiger charge is -2.13. The van der Waals surface area contributed by atoms with Gasteiger partial charge in [0.25, 0.3) is 6.26 Å². The van der Waals surface area contributed by atoms with Crippen LogP contribution in [0.2, 0.25) is 0 Å². The van der Waals surface area contributed by atoms with E-state index in [9.17, 15) is 9.59 Å². The van der Waals surface area contributed by atoms with Crippen molar-refractivity contribution in [2.75, 3.05) is 0 Å². The molecule has 6 nitrogen and oxygen atoms in total. The molecule has 0 heterocycles. The smallest absolute Gasteiger partial charge is 0.292 e. The van der Waals surface area contributed by atoms with Gasteiger partial charge in [-0.25, -0.2) is 9.59 Å². The minimum Gasteiger partial charge on any atom is -0.385 e. The normalized spacial score (nSPS) is 8.78. The number of carbonyl (C=O) groups excluding carboxylic acids is 2. The van der Waals surface area contributed by atoms with Crippen molar-refractivity contribution in [2.45, 2.75) is 20.8 Å². The standard InChI is InChI=1S/C12H9N3O3/c1-7-8(2)10(14-5-16)11(15-6-17)12(9(7)3)18-4-13/h1-3H3. The van der Waals surface area contributed by atoms with E-state index in [2.05, 4.69) is 9.98 Å². The molecule has 0 radical (unpaired) electrons. The highest BCUT2D eigenvalue weighted by atomic mass is 16.5. The number of ether oxygens (including phenoxy) is 1. The van der Waals surface area contributed by atoms with E-state index in [1.807, 2.05) is 0 Å². The van der Waals surface area contributed by atoms with Crippen molar-refractivity contribution in [1.29, 1.82) is 5.26 Å². The molecule has 1 aromatic carbocycles. The van der Waals surface area contributed by atoms with E-state index >= 15 is 0 Å². The van der Waals surface area contributed by atoms with Gasteiger partial charge in [0.15, 0.2) is 5.75 Å². The predicted molar refractivity (Wildman–Crippen MR) is 62.5 cm³/mol. The van der Waals surface area contributed by atoms with Crippen LogP contribution in [-0.2, 0) is 9.59 Å². The fourth-order valence-corrected chi connectivity index (χ4v) is 1.59. The Labute approximate surface area is 103 Å². The summed E-state index contributed by atoms with van der Waals surface area (Å²) in [5.74, 6) is 0.0953. The first-order valence-electron chi connectivity index (χ1n) is 4.93.